The Balaban J connectivity index is 1.80. The summed E-state index contributed by atoms with van der Waals surface area (Å²) in [6.07, 6.45) is 2.41. The second kappa shape index (κ2) is 5.54. The minimum absolute atomic E-state index is 0.0448. The van der Waals surface area contributed by atoms with Crippen molar-refractivity contribution in [3.8, 4) is 0 Å². The van der Waals surface area contributed by atoms with E-state index in [1.807, 2.05) is 25.1 Å². The highest BCUT2D eigenvalue weighted by Gasteiger charge is 2.43. The molecule has 0 bridgehead atoms. The third-order valence-corrected chi connectivity index (χ3v) is 4.40. The number of benzene rings is 1. The summed E-state index contributed by atoms with van der Waals surface area (Å²) in [6, 6.07) is 10.2. The fraction of sp³-hybridized carbons (Fsp3) is 0.562. The number of ether oxygens (including phenoxy) is 1. The first kappa shape index (κ1) is 13.6. The van der Waals surface area contributed by atoms with Gasteiger partial charge in [0.25, 0.3) is 5.91 Å². The average Bonchev–Trinajstić information content (AvgIpc) is 2.97. The number of rotatable bonds is 2. The van der Waals surface area contributed by atoms with Crippen molar-refractivity contribution in [2.75, 3.05) is 19.8 Å². The Kier molecular flexibility index (Phi) is 3.76. The van der Waals surface area contributed by atoms with Crippen LogP contribution in [0, 0.1) is 5.41 Å². The molecule has 0 unspecified atom stereocenters. The second-order valence-corrected chi connectivity index (χ2v) is 5.85. The minimum atomic E-state index is -0.352. The summed E-state index contributed by atoms with van der Waals surface area (Å²) in [5.41, 5.74) is 0.796. The van der Waals surface area contributed by atoms with Crippen molar-refractivity contribution in [1.82, 2.24) is 5.06 Å². The molecule has 2 saturated heterocycles. The molecule has 1 aromatic rings. The molecule has 0 N–H and O–H groups in total. The third-order valence-electron chi connectivity index (χ3n) is 4.40. The molecule has 0 radical (unpaired) electrons. The molecule has 0 aliphatic carbocycles. The Labute approximate surface area is 119 Å². The van der Waals surface area contributed by atoms with E-state index in [-0.39, 0.29) is 17.4 Å². The molecule has 1 atom stereocenters. The summed E-state index contributed by atoms with van der Waals surface area (Å²) in [7, 11) is 0. The highest BCUT2D eigenvalue weighted by molar-refractivity contribution is 5.82. The molecule has 0 saturated carbocycles. The van der Waals surface area contributed by atoms with Crippen LogP contribution < -0.4 is 0 Å². The monoisotopic (exact) mass is 275 g/mol. The molecule has 1 amide bonds. The molecule has 2 fully saturated rings. The summed E-state index contributed by atoms with van der Waals surface area (Å²) < 4.78 is 5.38. The fourth-order valence-electron chi connectivity index (χ4n) is 2.95. The number of hydrogen-bond donors (Lipinski definition) is 0. The van der Waals surface area contributed by atoms with Gasteiger partial charge in [0.05, 0.1) is 18.1 Å². The van der Waals surface area contributed by atoms with Gasteiger partial charge in [0.15, 0.2) is 0 Å². The summed E-state index contributed by atoms with van der Waals surface area (Å²) >= 11 is 0. The molecule has 3 rings (SSSR count). The Hall–Kier alpha value is -1.39. The second-order valence-electron chi connectivity index (χ2n) is 5.85. The van der Waals surface area contributed by atoms with Gasteiger partial charge in [-0.05, 0) is 18.4 Å². The molecule has 20 heavy (non-hydrogen) atoms. The van der Waals surface area contributed by atoms with Gasteiger partial charge in [0.2, 0.25) is 0 Å². The number of hydroxylamine groups is 2. The van der Waals surface area contributed by atoms with Gasteiger partial charge in [-0.15, -0.1) is 0 Å². The standard InChI is InChI=1S/C16H21NO3/c1-16(8-11-19-12-9-16)15(18)17-14(7-10-20-17)13-5-3-2-4-6-13/h2-6,14H,7-12H2,1H3/t14-/m0/s1. The van der Waals surface area contributed by atoms with Crippen molar-refractivity contribution in [1.29, 1.82) is 0 Å². The molecule has 2 aliphatic rings. The van der Waals surface area contributed by atoms with Gasteiger partial charge >= 0.3 is 0 Å². The fourth-order valence-corrected chi connectivity index (χ4v) is 2.95. The lowest BCUT2D eigenvalue weighted by Gasteiger charge is -2.36. The number of nitrogens with zero attached hydrogens (tertiary/aromatic N) is 1. The van der Waals surface area contributed by atoms with Gasteiger partial charge in [-0.3, -0.25) is 9.63 Å². The summed E-state index contributed by atoms with van der Waals surface area (Å²) in [5.74, 6) is 0.104. The molecule has 0 aromatic heterocycles. The summed E-state index contributed by atoms with van der Waals surface area (Å²) in [6.45, 7) is 3.96. The van der Waals surface area contributed by atoms with E-state index >= 15 is 0 Å². The van der Waals surface area contributed by atoms with E-state index in [0.29, 0.717) is 19.8 Å². The van der Waals surface area contributed by atoms with Gasteiger partial charge in [-0.2, -0.15) is 0 Å². The number of carbonyl (C=O) groups excluding carboxylic acids is 1. The molecule has 108 valence electrons. The molecule has 1 aromatic carbocycles. The zero-order chi connectivity index (χ0) is 14.0. The van der Waals surface area contributed by atoms with E-state index in [1.165, 1.54) is 0 Å². The van der Waals surface area contributed by atoms with Crippen molar-refractivity contribution in [2.45, 2.75) is 32.2 Å². The zero-order valence-electron chi connectivity index (χ0n) is 11.9. The van der Waals surface area contributed by atoms with Crippen molar-refractivity contribution >= 4 is 5.91 Å². The maximum atomic E-state index is 12.9. The SMILES string of the molecule is CC1(C(=O)N2OCC[C@H]2c2ccccc2)CCOCC1. The van der Waals surface area contributed by atoms with Crippen LogP contribution in [0.1, 0.15) is 37.8 Å². The van der Waals surface area contributed by atoms with Crippen LogP contribution in [0.25, 0.3) is 0 Å². The van der Waals surface area contributed by atoms with Crippen LogP contribution in [-0.2, 0) is 14.4 Å². The van der Waals surface area contributed by atoms with Gasteiger partial charge < -0.3 is 4.74 Å². The molecule has 2 heterocycles. The summed E-state index contributed by atoms with van der Waals surface area (Å²) in [5, 5.41) is 1.61. The number of amides is 1. The van der Waals surface area contributed by atoms with Crippen LogP contribution in [-0.4, -0.2) is 30.8 Å². The largest absolute Gasteiger partial charge is 0.381 e. The van der Waals surface area contributed by atoms with E-state index in [9.17, 15) is 4.79 Å². The molecule has 0 spiro atoms. The van der Waals surface area contributed by atoms with Gasteiger partial charge in [-0.25, -0.2) is 5.06 Å². The Morgan fingerprint density at radius 2 is 1.90 bits per heavy atom. The maximum Gasteiger partial charge on any atom is 0.252 e. The smallest absolute Gasteiger partial charge is 0.252 e. The van der Waals surface area contributed by atoms with Gasteiger partial charge in [0, 0.05) is 19.6 Å². The van der Waals surface area contributed by atoms with Crippen molar-refractivity contribution in [3.63, 3.8) is 0 Å². The zero-order valence-corrected chi connectivity index (χ0v) is 11.9. The van der Waals surface area contributed by atoms with Crippen LogP contribution in [0.5, 0.6) is 0 Å². The van der Waals surface area contributed by atoms with Crippen molar-refractivity contribution < 1.29 is 14.4 Å². The first-order valence-corrected chi connectivity index (χ1v) is 7.30. The predicted molar refractivity (Wildman–Crippen MR) is 74.8 cm³/mol. The Morgan fingerprint density at radius 1 is 1.20 bits per heavy atom. The van der Waals surface area contributed by atoms with Gasteiger partial charge in [0.1, 0.15) is 0 Å². The lowest BCUT2D eigenvalue weighted by molar-refractivity contribution is -0.192. The van der Waals surface area contributed by atoms with E-state index in [1.54, 1.807) is 5.06 Å². The first-order valence-electron chi connectivity index (χ1n) is 7.30. The number of carbonyl (C=O) groups is 1. The molecular weight excluding hydrogens is 254 g/mol. The van der Waals surface area contributed by atoms with Crippen LogP contribution in [0.4, 0.5) is 0 Å². The topological polar surface area (TPSA) is 38.8 Å². The maximum absolute atomic E-state index is 12.9. The van der Waals surface area contributed by atoms with E-state index in [0.717, 1.165) is 24.8 Å². The van der Waals surface area contributed by atoms with Gasteiger partial charge in [-0.1, -0.05) is 37.3 Å². The summed E-state index contributed by atoms with van der Waals surface area (Å²) in [4.78, 5) is 18.5. The van der Waals surface area contributed by atoms with Crippen molar-refractivity contribution in [2.24, 2.45) is 5.41 Å². The molecule has 2 aliphatic heterocycles. The van der Waals surface area contributed by atoms with E-state index < -0.39 is 0 Å². The predicted octanol–water partition coefficient (Wildman–Crippen LogP) is 2.71. The van der Waals surface area contributed by atoms with Crippen LogP contribution in [0.15, 0.2) is 30.3 Å². The lowest BCUT2D eigenvalue weighted by atomic mass is 9.81. The van der Waals surface area contributed by atoms with E-state index in [4.69, 9.17) is 9.57 Å². The normalized spacial score (nSPS) is 25.6. The minimum Gasteiger partial charge on any atom is -0.381 e. The van der Waals surface area contributed by atoms with Crippen LogP contribution in [0.2, 0.25) is 0 Å². The average molecular weight is 275 g/mol. The van der Waals surface area contributed by atoms with Crippen molar-refractivity contribution in [3.05, 3.63) is 35.9 Å². The number of hydrogen-bond acceptors (Lipinski definition) is 3. The Morgan fingerprint density at radius 3 is 2.60 bits per heavy atom. The Bertz CT molecular complexity index is 468. The first-order chi connectivity index (χ1) is 9.71. The molecule has 4 nitrogen and oxygen atoms in total. The lowest BCUT2D eigenvalue weighted by Crippen LogP contribution is -2.44. The van der Waals surface area contributed by atoms with E-state index in [2.05, 4.69) is 12.1 Å². The van der Waals surface area contributed by atoms with Crippen LogP contribution in [0.3, 0.4) is 0 Å². The van der Waals surface area contributed by atoms with Crippen LogP contribution >= 0.6 is 0 Å². The molecular formula is C16H21NO3. The third kappa shape index (κ3) is 2.45. The highest BCUT2D eigenvalue weighted by atomic mass is 16.7. The molecule has 4 heteroatoms. The quantitative estimate of drug-likeness (QED) is 0.833. The highest BCUT2D eigenvalue weighted by Crippen LogP contribution is 2.38.